The van der Waals surface area contributed by atoms with Crippen LogP contribution in [-0.2, 0) is 9.59 Å². The highest BCUT2D eigenvalue weighted by atomic mass is 16.4. The minimum atomic E-state index is -1.21. The van der Waals surface area contributed by atoms with Crippen LogP contribution in [0.2, 0.25) is 0 Å². The van der Waals surface area contributed by atoms with Gasteiger partial charge in [-0.3, -0.25) is 4.79 Å². The third kappa shape index (κ3) is 4.19. The minimum Gasteiger partial charge on any atom is -0.550 e. The molecule has 114 valence electrons. The van der Waals surface area contributed by atoms with Crippen molar-refractivity contribution < 1.29 is 14.7 Å². The molecule has 0 aliphatic carbocycles. The third-order valence-electron chi connectivity index (χ3n) is 3.69. The molecule has 0 aliphatic rings. The third-order valence-corrected chi connectivity index (χ3v) is 3.69. The quantitative estimate of drug-likeness (QED) is 0.888. The topological polar surface area (TPSA) is 69.2 Å². The van der Waals surface area contributed by atoms with Gasteiger partial charge in [-0.15, -0.1) is 0 Å². The fraction of sp³-hybridized carbons (Fsp3) is 0.222. The van der Waals surface area contributed by atoms with Gasteiger partial charge >= 0.3 is 0 Å². The molecule has 2 rings (SSSR count). The summed E-state index contributed by atoms with van der Waals surface area (Å²) in [6, 6.07) is 18.2. The van der Waals surface area contributed by atoms with Crippen LogP contribution in [0.5, 0.6) is 0 Å². The molecule has 4 heteroatoms. The molecule has 0 aliphatic heterocycles. The first-order valence-electron chi connectivity index (χ1n) is 7.18. The number of hydrogen-bond acceptors (Lipinski definition) is 3. The number of hydrogen-bond donors (Lipinski definition) is 1. The summed E-state index contributed by atoms with van der Waals surface area (Å²) in [5.74, 6) is -2.71. The highest BCUT2D eigenvalue weighted by Crippen LogP contribution is 2.26. The normalized spacial score (nSPS) is 13.1. The van der Waals surface area contributed by atoms with Crippen molar-refractivity contribution in [2.24, 2.45) is 5.92 Å². The van der Waals surface area contributed by atoms with E-state index in [1.807, 2.05) is 36.4 Å². The molecule has 22 heavy (non-hydrogen) atoms. The first-order valence-corrected chi connectivity index (χ1v) is 7.18. The molecule has 0 saturated carbocycles. The number of para-hydroxylation sites is 1. The number of benzene rings is 2. The van der Waals surface area contributed by atoms with Crippen LogP contribution in [-0.4, -0.2) is 11.9 Å². The molecule has 0 spiro atoms. The molecular formula is C18H18NO3-. The summed E-state index contributed by atoms with van der Waals surface area (Å²) < 4.78 is 0. The van der Waals surface area contributed by atoms with Crippen LogP contribution in [0.25, 0.3) is 0 Å². The molecule has 2 atom stereocenters. The molecule has 0 bridgehead atoms. The smallest absolute Gasteiger partial charge is 0.225 e. The van der Waals surface area contributed by atoms with Crippen molar-refractivity contribution in [3.8, 4) is 0 Å². The van der Waals surface area contributed by atoms with Gasteiger partial charge in [0, 0.05) is 24.0 Å². The molecule has 0 radical (unpaired) electrons. The lowest BCUT2D eigenvalue weighted by Crippen LogP contribution is -2.36. The van der Waals surface area contributed by atoms with Gasteiger partial charge in [-0.2, -0.15) is 0 Å². The first kappa shape index (κ1) is 15.8. The Balaban J connectivity index is 2.06. The average molecular weight is 296 g/mol. The van der Waals surface area contributed by atoms with Gasteiger partial charge in [0.05, 0.1) is 0 Å². The van der Waals surface area contributed by atoms with E-state index in [9.17, 15) is 14.7 Å². The summed E-state index contributed by atoms with van der Waals surface area (Å²) in [5, 5.41) is 14.1. The van der Waals surface area contributed by atoms with E-state index in [0.29, 0.717) is 5.69 Å². The molecule has 0 fully saturated rings. The predicted octanol–water partition coefficient (Wildman–Crippen LogP) is 2.18. The van der Waals surface area contributed by atoms with Crippen molar-refractivity contribution in [2.75, 3.05) is 5.32 Å². The van der Waals surface area contributed by atoms with Crippen molar-refractivity contribution in [2.45, 2.75) is 19.3 Å². The fourth-order valence-electron chi connectivity index (χ4n) is 2.39. The highest BCUT2D eigenvalue weighted by Gasteiger charge is 2.23. The van der Waals surface area contributed by atoms with Gasteiger partial charge in [-0.25, -0.2) is 0 Å². The van der Waals surface area contributed by atoms with Crippen molar-refractivity contribution in [3.63, 3.8) is 0 Å². The maximum Gasteiger partial charge on any atom is 0.225 e. The zero-order valence-corrected chi connectivity index (χ0v) is 12.4. The number of nitrogens with one attached hydrogen (secondary N) is 1. The van der Waals surface area contributed by atoms with Crippen LogP contribution in [0.4, 0.5) is 5.69 Å². The van der Waals surface area contributed by atoms with Crippen LogP contribution in [0.3, 0.4) is 0 Å². The largest absolute Gasteiger partial charge is 0.550 e. The van der Waals surface area contributed by atoms with Gasteiger partial charge in [-0.1, -0.05) is 55.5 Å². The van der Waals surface area contributed by atoms with Gasteiger partial charge in [0.15, 0.2) is 0 Å². The van der Waals surface area contributed by atoms with E-state index in [-0.39, 0.29) is 18.2 Å². The molecule has 1 N–H and O–H groups in total. The standard InChI is InChI=1S/C18H19NO3/c1-13(14-8-4-2-5-9-14)16(18(21)22)12-17(20)19-15-10-6-3-7-11-15/h2-11,13,16H,12H2,1H3,(H,19,20)(H,21,22)/p-1/t13-,16+/m1/s1. The zero-order valence-electron chi connectivity index (χ0n) is 12.4. The van der Waals surface area contributed by atoms with Crippen LogP contribution >= 0.6 is 0 Å². The number of aliphatic carboxylic acids is 1. The Kier molecular flexibility index (Phi) is 5.31. The van der Waals surface area contributed by atoms with Crippen molar-refractivity contribution in [1.29, 1.82) is 0 Å². The zero-order chi connectivity index (χ0) is 15.9. The molecule has 0 saturated heterocycles. The van der Waals surface area contributed by atoms with Gasteiger partial charge < -0.3 is 15.2 Å². The molecule has 1 amide bonds. The van der Waals surface area contributed by atoms with Gasteiger partial charge in [0.2, 0.25) is 5.91 Å². The van der Waals surface area contributed by atoms with Crippen LogP contribution < -0.4 is 10.4 Å². The second-order valence-electron chi connectivity index (χ2n) is 5.24. The number of carbonyl (C=O) groups is 2. The van der Waals surface area contributed by atoms with Crippen molar-refractivity contribution in [3.05, 3.63) is 66.2 Å². The highest BCUT2D eigenvalue weighted by molar-refractivity contribution is 5.93. The number of carboxylic acid groups (broad SMARTS) is 1. The van der Waals surface area contributed by atoms with E-state index in [0.717, 1.165) is 5.56 Å². The lowest BCUT2D eigenvalue weighted by molar-refractivity contribution is -0.312. The predicted molar refractivity (Wildman–Crippen MR) is 83.0 cm³/mol. The maximum absolute atomic E-state index is 12.1. The average Bonchev–Trinajstić information content (AvgIpc) is 2.53. The summed E-state index contributed by atoms with van der Waals surface area (Å²) in [6.07, 6.45) is -0.118. The van der Waals surface area contributed by atoms with Crippen molar-refractivity contribution >= 4 is 17.6 Å². The fourth-order valence-corrected chi connectivity index (χ4v) is 2.39. The van der Waals surface area contributed by atoms with Crippen LogP contribution in [0.1, 0.15) is 24.8 Å². The number of rotatable bonds is 6. The van der Waals surface area contributed by atoms with E-state index in [4.69, 9.17) is 0 Å². The summed E-state index contributed by atoms with van der Waals surface area (Å²) in [6.45, 7) is 1.80. The van der Waals surface area contributed by atoms with Gasteiger partial charge in [0.25, 0.3) is 0 Å². The van der Waals surface area contributed by atoms with Gasteiger partial charge in [0.1, 0.15) is 0 Å². The lowest BCUT2D eigenvalue weighted by atomic mass is 9.85. The Hall–Kier alpha value is -2.62. The Morgan fingerprint density at radius 1 is 1.00 bits per heavy atom. The van der Waals surface area contributed by atoms with Crippen LogP contribution in [0, 0.1) is 5.92 Å². The second-order valence-corrected chi connectivity index (χ2v) is 5.24. The Morgan fingerprint density at radius 2 is 1.55 bits per heavy atom. The van der Waals surface area contributed by atoms with E-state index in [2.05, 4.69) is 5.32 Å². The SMILES string of the molecule is C[C@H](c1ccccc1)[C@H](CC(=O)Nc1ccccc1)C(=O)[O-]. The van der Waals surface area contributed by atoms with E-state index in [1.165, 1.54) is 0 Å². The number of amides is 1. The molecule has 0 heterocycles. The van der Waals surface area contributed by atoms with E-state index >= 15 is 0 Å². The summed E-state index contributed by atoms with van der Waals surface area (Å²) in [4.78, 5) is 23.5. The summed E-state index contributed by atoms with van der Waals surface area (Å²) >= 11 is 0. The number of anilines is 1. The van der Waals surface area contributed by atoms with Crippen molar-refractivity contribution in [1.82, 2.24) is 0 Å². The summed E-state index contributed by atoms with van der Waals surface area (Å²) in [7, 11) is 0. The maximum atomic E-state index is 12.1. The van der Waals surface area contributed by atoms with Gasteiger partial charge in [-0.05, 0) is 23.6 Å². The molecule has 0 aromatic heterocycles. The monoisotopic (exact) mass is 296 g/mol. The molecule has 2 aromatic rings. The lowest BCUT2D eigenvalue weighted by Gasteiger charge is -2.25. The Morgan fingerprint density at radius 3 is 2.09 bits per heavy atom. The molecule has 0 unspecified atom stereocenters. The van der Waals surface area contributed by atoms with E-state index in [1.54, 1.807) is 31.2 Å². The number of carbonyl (C=O) groups excluding carboxylic acids is 2. The minimum absolute atomic E-state index is 0.118. The molecule has 2 aromatic carbocycles. The molecular weight excluding hydrogens is 278 g/mol. The van der Waals surface area contributed by atoms with E-state index < -0.39 is 11.9 Å². The second kappa shape index (κ2) is 7.41. The Labute approximate surface area is 129 Å². The number of carboxylic acids is 1. The van der Waals surface area contributed by atoms with Crippen LogP contribution in [0.15, 0.2) is 60.7 Å². The summed E-state index contributed by atoms with van der Waals surface area (Å²) in [5.41, 5.74) is 1.53. The Bertz CT molecular complexity index is 625. The first-order chi connectivity index (χ1) is 10.6. The molecule has 4 nitrogen and oxygen atoms in total.